The number of hydrogen-bond acceptors (Lipinski definition) is 6. The highest BCUT2D eigenvalue weighted by Gasteiger charge is 2.27. The Morgan fingerprint density at radius 1 is 1.56 bits per heavy atom. The maximum Gasteiger partial charge on any atom is 0.312 e. The molecule has 106 valence electrons. The van der Waals surface area contributed by atoms with E-state index in [9.17, 15) is 13.2 Å². The van der Waals surface area contributed by atoms with Crippen molar-refractivity contribution in [2.24, 2.45) is 5.73 Å². The molecule has 0 aromatic rings. The largest absolute Gasteiger partial charge is 0.378 e. The predicted molar refractivity (Wildman–Crippen MR) is 64.5 cm³/mol. The lowest BCUT2D eigenvalue weighted by Crippen LogP contribution is -2.33. The van der Waals surface area contributed by atoms with Crippen molar-refractivity contribution in [2.75, 3.05) is 32.6 Å². The molecule has 1 rings (SSSR count). The predicted octanol–water partition coefficient (Wildman–Crippen LogP) is -1.62. The molecule has 2 amide bonds. The van der Waals surface area contributed by atoms with Crippen LogP contribution in [0.4, 0.5) is 4.79 Å². The molecule has 8 nitrogen and oxygen atoms in total. The minimum absolute atomic E-state index is 0.0605. The SMILES string of the molecule is CS(=O)(=O)O[C@H]1CN[C@H](COCCNC(N)=O)C1. The minimum atomic E-state index is -3.41. The molecule has 1 heterocycles. The molecule has 1 aliphatic heterocycles. The molecule has 4 N–H and O–H groups in total. The van der Waals surface area contributed by atoms with Crippen LogP contribution in [-0.2, 0) is 19.0 Å². The summed E-state index contributed by atoms with van der Waals surface area (Å²) < 4.78 is 32.0. The van der Waals surface area contributed by atoms with E-state index in [0.29, 0.717) is 32.7 Å². The third kappa shape index (κ3) is 6.74. The van der Waals surface area contributed by atoms with Crippen molar-refractivity contribution < 1.29 is 22.1 Å². The van der Waals surface area contributed by atoms with E-state index in [1.807, 2.05) is 0 Å². The lowest BCUT2D eigenvalue weighted by Gasteiger charge is -2.11. The zero-order valence-corrected chi connectivity index (χ0v) is 11.0. The van der Waals surface area contributed by atoms with Gasteiger partial charge in [0.15, 0.2) is 0 Å². The Bertz CT molecular complexity index is 372. The van der Waals surface area contributed by atoms with Crippen molar-refractivity contribution in [3.05, 3.63) is 0 Å². The molecular weight excluding hydrogens is 262 g/mol. The maximum absolute atomic E-state index is 10.9. The van der Waals surface area contributed by atoms with Crippen LogP contribution < -0.4 is 16.4 Å². The van der Waals surface area contributed by atoms with Gasteiger partial charge in [0.1, 0.15) is 0 Å². The third-order valence-corrected chi connectivity index (χ3v) is 2.98. The minimum Gasteiger partial charge on any atom is -0.378 e. The molecule has 1 saturated heterocycles. The lowest BCUT2D eigenvalue weighted by atomic mass is 10.2. The molecule has 0 spiro atoms. The van der Waals surface area contributed by atoms with Crippen LogP contribution in [0, 0.1) is 0 Å². The highest BCUT2D eigenvalue weighted by atomic mass is 32.2. The second-order valence-electron chi connectivity index (χ2n) is 4.13. The van der Waals surface area contributed by atoms with Gasteiger partial charge in [-0.05, 0) is 6.42 Å². The Balaban J connectivity index is 2.10. The summed E-state index contributed by atoms with van der Waals surface area (Å²) in [4.78, 5) is 10.4. The number of ether oxygens (including phenoxy) is 1. The summed E-state index contributed by atoms with van der Waals surface area (Å²) in [5.41, 5.74) is 4.88. The number of nitrogens with one attached hydrogen (secondary N) is 2. The van der Waals surface area contributed by atoms with Gasteiger partial charge in [-0.15, -0.1) is 0 Å². The summed E-state index contributed by atoms with van der Waals surface area (Å²) in [6.07, 6.45) is 1.28. The molecule has 0 unspecified atom stereocenters. The van der Waals surface area contributed by atoms with E-state index in [2.05, 4.69) is 10.6 Å². The first-order valence-corrected chi connectivity index (χ1v) is 7.41. The smallest absolute Gasteiger partial charge is 0.312 e. The van der Waals surface area contributed by atoms with E-state index in [1.165, 1.54) is 0 Å². The molecule has 0 saturated carbocycles. The number of rotatable bonds is 7. The van der Waals surface area contributed by atoms with Gasteiger partial charge in [0.25, 0.3) is 10.1 Å². The molecule has 1 fully saturated rings. The van der Waals surface area contributed by atoms with E-state index in [0.717, 1.165) is 6.26 Å². The van der Waals surface area contributed by atoms with Gasteiger partial charge >= 0.3 is 6.03 Å². The molecular formula is C9H19N3O5S. The van der Waals surface area contributed by atoms with Gasteiger partial charge in [-0.3, -0.25) is 4.18 Å². The second-order valence-corrected chi connectivity index (χ2v) is 5.73. The van der Waals surface area contributed by atoms with Crippen LogP contribution in [-0.4, -0.2) is 59.2 Å². The van der Waals surface area contributed by atoms with Gasteiger partial charge in [0.2, 0.25) is 0 Å². The van der Waals surface area contributed by atoms with E-state index < -0.39 is 16.1 Å². The van der Waals surface area contributed by atoms with E-state index in [4.69, 9.17) is 14.7 Å². The number of primary amides is 1. The Morgan fingerprint density at radius 3 is 2.89 bits per heavy atom. The molecule has 0 aromatic carbocycles. The number of amides is 2. The highest BCUT2D eigenvalue weighted by molar-refractivity contribution is 7.86. The van der Waals surface area contributed by atoms with Crippen molar-refractivity contribution in [1.82, 2.24) is 10.6 Å². The maximum atomic E-state index is 10.9. The Labute approximate surface area is 106 Å². The van der Waals surface area contributed by atoms with Crippen LogP contribution >= 0.6 is 0 Å². The van der Waals surface area contributed by atoms with Gasteiger partial charge < -0.3 is 21.1 Å². The molecule has 2 atom stereocenters. The molecule has 0 aliphatic carbocycles. The average molecular weight is 281 g/mol. The summed E-state index contributed by atoms with van der Waals surface area (Å²) in [5, 5.41) is 5.50. The number of carbonyl (C=O) groups is 1. The standard InChI is InChI=1S/C9H19N3O5S/c1-18(14,15)17-8-4-7(12-5-8)6-16-3-2-11-9(10)13/h7-8,12H,2-6H2,1H3,(H3,10,11,13)/t7-,8+/m0/s1. The molecule has 0 radical (unpaired) electrons. The quantitative estimate of drug-likeness (QED) is 0.381. The first-order chi connectivity index (χ1) is 8.37. The van der Waals surface area contributed by atoms with E-state index in [1.54, 1.807) is 0 Å². The number of nitrogens with two attached hydrogens (primary N) is 1. The lowest BCUT2D eigenvalue weighted by molar-refractivity contribution is 0.115. The van der Waals surface area contributed by atoms with Crippen molar-refractivity contribution in [3.63, 3.8) is 0 Å². The number of carbonyl (C=O) groups excluding carboxylic acids is 1. The molecule has 0 aromatic heterocycles. The molecule has 18 heavy (non-hydrogen) atoms. The van der Waals surface area contributed by atoms with Crippen LogP contribution in [0.15, 0.2) is 0 Å². The van der Waals surface area contributed by atoms with Crippen LogP contribution in [0.5, 0.6) is 0 Å². The Hall–Kier alpha value is -0.900. The summed E-state index contributed by atoms with van der Waals surface area (Å²) in [7, 11) is -3.41. The third-order valence-electron chi connectivity index (χ3n) is 2.36. The summed E-state index contributed by atoms with van der Waals surface area (Å²) >= 11 is 0. The first-order valence-electron chi connectivity index (χ1n) is 5.59. The van der Waals surface area contributed by atoms with E-state index in [-0.39, 0.29) is 12.1 Å². The van der Waals surface area contributed by atoms with Gasteiger partial charge in [-0.1, -0.05) is 0 Å². The van der Waals surface area contributed by atoms with Crippen LogP contribution in [0.25, 0.3) is 0 Å². The molecule has 0 bridgehead atoms. The van der Waals surface area contributed by atoms with Crippen molar-refractivity contribution in [3.8, 4) is 0 Å². The fraction of sp³-hybridized carbons (Fsp3) is 0.889. The highest BCUT2D eigenvalue weighted by Crippen LogP contribution is 2.12. The fourth-order valence-electron chi connectivity index (χ4n) is 1.70. The van der Waals surface area contributed by atoms with Crippen molar-refractivity contribution in [1.29, 1.82) is 0 Å². The normalized spacial score (nSPS) is 24.1. The van der Waals surface area contributed by atoms with Crippen LogP contribution in [0.1, 0.15) is 6.42 Å². The van der Waals surface area contributed by atoms with Gasteiger partial charge in [0.05, 0.1) is 25.6 Å². The topological polar surface area (TPSA) is 120 Å². The van der Waals surface area contributed by atoms with Gasteiger partial charge in [0, 0.05) is 19.1 Å². The Morgan fingerprint density at radius 2 is 2.28 bits per heavy atom. The number of urea groups is 1. The van der Waals surface area contributed by atoms with E-state index >= 15 is 0 Å². The second kappa shape index (κ2) is 6.88. The molecule has 1 aliphatic rings. The summed E-state index contributed by atoms with van der Waals surface area (Å²) in [6, 6.07) is -0.524. The zero-order valence-electron chi connectivity index (χ0n) is 10.2. The van der Waals surface area contributed by atoms with Gasteiger partial charge in [-0.2, -0.15) is 8.42 Å². The monoisotopic (exact) mass is 281 g/mol. The van der Waals surface area contributed by atoms with Crippen LogP contribution in [0.2, 0.25) is 0 Å². The number of hydrogen-bond donors (Lipinski definition) is 3. The first kappa shape index (κ1) is 15.2. The summed E-state index contributed by atoms with van der Waals surface area (Å²) in [6.45, 7) is 1.63. The van der Waals surface area contributed by atoms with Crippen LogP contribution in [0.3, 0.4) is 0 Å². The Kier molecular flexibility index (Phi) is 5.79. The zero-order chi connectivity index (χ0) is 13.6. The summed E-state index contributed by atoms with van der Waals surface area (Å²) in [5.74, 6) is 0. The van der Waals surface area contributed by atoms with Crippen molar-refractivity contribution >= 4 is 16.1 Å². The molecule has 9 heteroatoms. The van der Waals surface area contributed by atoms with Gasteiger partial charge in [-0.25, -0.2) is 4.79 Å². The average Bonchev–Trinajstić information content (AvgIpc) is 2.62. The fourth-order valence-corrected chi connectivity index (χ4v) is 2.34. The van der Waals surface area contributed by atoms with Crippen molar-refractivity contribution in [2.45, 2.75) is 18.6 Å².